The molecule has 0 amide bonds. The van der Waals surface area contributed by atoms with Gasteiger partial charge in [0, 0.05) is 49.7 Å². The zero-order valence-electron chi connectivity index (χ0n) is 13.0. The maximum Gasteiger partial charge on any atom is 0.0490 e. The van der Waals surface area contributed by atoms with E-state index in [1.165, 1.54) is 55.8 Å². The standard InChI is InChI=1S/C18H24N4/c1-2-6-18(22-10-3-4-11-22)16(5-1)14-21-12-8-15(13-21)17-7-9-19-20-17/h1-2,5-7,9,15H,3-4,8,10-14H2,(H,19,20). The zero-order chi connectivity index (χ0) is 14.8. The molecular weight excluding hydrogens is 272 g/mol. The summed E-state index contributed by atoms with van der Waals surface area (Å²) in [5, 5.41) is 7.23. The average molecular weight is 296 g/mol. The Morgan fingerprint density at radius 2 is 1.95 bits per heavy atom. The Kier molecular flexibility index (Phi) is 3.85. The topological polar surface area (TPSA) is 35.2 Å². The van der Waals surface area contributed by atoms with Gasteiger partial charge in [0.05, 0.1) is 0 Å². The third kappa shape index (κ3) is 2.75. The van der Waals surface area contributed by atoms with Gasteiger partial charge < -0.3 is 4.90 Å². The highest BCUT2D eigenvalue weighted by Crippen LogP contribution is 2.30. The molecule has 4 rings (SSSR count). The van der Waals surface area contributed by atoms with E-state index in [0.29, 0.717) is 5.92 Å². The number of nitrogens with one attached hydrogen (secondary N) is 1. The predicted octanol–water partition coefficient (Wildman–Crippen LogP) is 3.00. The quantitative estimate of drug-likeness (QED) is 0.942. The van der Waals surface area contributed by atoms with Crippen LogP contribution in [-0.2, 0) is 6.54 Å². The van der Waals surface area contributed by atoms with E-state index < -0.39 is 0 Å². The number of nitrogens with zero attached hydrogens (tertiary/aromatic N) is 3. The average Bonchev–Trinajstić information content (AvgIpc) is 3.30. The van der Waals surface area contributed by atoms with Gasteiger partial charge in [0.25, 0.3) is 0 Å². The van der Waals surface area contributed by atoms with E-state index in [1.807, 2.05) is 6.20 Å². The molecule has 1 atom stereocenters. The number of rotatable bonds is 4. The zero-order valence-corrected chi connectivity index (χ0v) is 13.0. The van der Waals surface area contributed by atoms with E-state index in [2.05, 4.69) is 50.3 Å². The summed E-state index contributed by atoms with van der Waals surface area (Å²) in [6.07, 6.45) is 5.76. The highest BCUT2D eigenvalue weighted by Gasteiger charge is 2.25. The van der Waals surface area contributed by atoms with Gasteiger partial charge in [0.15, 0.2) is 0 Å². The van der Waals surface area contributed by atoms with Crippen LogP contribution in [0.2, 0.25) is 0 Å². The fourth-order valence-corrected chi connectivity index (χ4v) is 3.88. The molecule has 2 aromatic rings. The van der Waals surface area contributed by atoms with Gasteiger partial charge in [-0.05, 0) is 43.5 Å². The lowest BCUT2D eigenvalue weighted by Crippen LogP contribution is -2.24. The Morgan fingerprint density at radius 1 is 1.09 bits per heavy atom. The summed E-state index contributed by atoms with van der Waals surface area (Å²) in [5.74, 6) is 0.612. The number of hydrogen-bond acceptors (Lipinski definition) is 3. The SMILES string of the molecule is c1ccc(N2CCCC2)c(CN2CCC(c3ccn[nH]3)C2)c1. The van der Waals surface area contributed by atoms with Gasteiger partial charge in [-0.2, -0.15) is 5.10 Å². The minimum atomic E-state index is 0.612. The van der Waals surface area contributed by atoms with E-state index in [1.54, 1.807) is 0 Å². The molecule has 2 fully saturated rings. The summed E-state index contributed by atoms with van der Waals surface area (Å²) in [6, 6.07) is 11.1. The second-order valence-electron chi connectivity index (χ2n) is 6.56. The first-order valence-corrected chi connectivity index (χ1v) is 8.44. The van der Waals surface area contributed by atoms with Crippen LogP contribution in [0.5, 0.6) is 0 Å². The first kappa shape index (κ1) is 13.8. The number of aromatic amines is 1. The maximum atomic E-state index is 4.09. The molecule has 1 aromatic heterocycles. The molecule has 0 spiro atoms. The maximum absolute atomic E-state index is 4.09. The molecule has 0 bridgehead atoms. The van der Waals surface area contributed by atoms with Gasteiger partial charge in [-0.1, -0.05) is 18.2 Å². The van der Waals surface area contributed by atoms with Crippen molar-refractivity contribution in [2.45, 2.75) is 31.7 Å². The molecule has 3 heterocycles. The lowest BCUT2D eigenvalue weighted by molar-refractivity contribution is 0.326. The summed E-state index contributed by atoms with van der Waals surface area (Å²) in [6.45, 7) is 5.81. The molecule has 1 unspecified atom stereocenters. The molecule has 1 N–H and O–H groups in total. The Labute approximate surface area is 132 Å². The molecule has 22 heavy (non-hydrogen) atoms. The van der Waals surface area contributed by atoms with Crippen LogP contribution in [0.3, 0.4) is 0 Å². The van der Waals surface area contributed by atoms with Crippen molar-refractivity contribution >= 4 is 5.69 Å². The molecule has 0 saturated carbocycles. The summed E-state index contributed by atoms with van der Waals surface area (Å²) >= 11 is 0. The Balaban J connectivity index is 1.45. The van der Waals surface area contributed by atoms with E-state index >= 15 is 0 Å². The number of hydrogen-bond donors (Lipinski definition) is 1. The summed E-state index contributed by atoms with van der Waals surface area (Å²) in [4.78, 5) is 5.14. The van der Waals surface area contributed by atoms with Crippen LogP contribution in [0.25, 0.3) is 0 Å². The fourth-order valence-electron chi connectivity index (χ4n) is 3.88. The minimum absolute atomic E-state index is 0.612. The van der Waals surface area contributed by atoms with Gasteiger partial charge >= 0.3 is 0 Å². The lowest BCUT2D eigenvalue weighted by Gasteiger charge is -2.24. The highest BCUT2D eigenvalue weighted by molar-refractivity contribution is 5.54. The number of H-pyrrole nitrogens is 1. The Bertz CT molecular complexity index is 601. The van der Waals surface area contributed by atoms with E-state index in [0.717, 1.165) is 13.1 Å². The van der Waals surface area contributed by atoms with Crippen molar-refractivity contribution in [3.63, 3.8) is 0 Å². The van der Waals surface area contributed by atoms with Crippen molar-refractivity contribution < 1.29 is 0 Å². The third-order valence-electron chi connectivity index (χ3n) is 5.07. The molecule has 0 aliphatic carbocycles. The van der Waals surface area contributed by atoms with Crippen molar-refractivity contribution in [3.05, 3.63) is 47.8 Å². The summed E-state index contributed by atoms with van der Waals surface area (Å²) in [7, 11) is 0. The van der Waals surface area contributed by atoms with Crippen LogP contribution >= 0.6 is 0 Å². The van der Waals surface area contributed by atoms with E-state index in [4.69, 9.17) is 0 Å². The summed E-state index contributed by atoms with van der Waals surface area (Å²) in [5.41, 5.74) is 4.22. The van der Waals surface area contributed by atoms with Crippen molar-refractivity contribution in [3.8, 4) is 0 Å². The number of likely N-dealkylation sites (tertiary alicyclic amines) is 1. The largest absolute Gasteiger partial charge is 0.371 e. The normalized spacial score (nSPS) is 22.5. The van der Waals surface area contributed by atoms with Crippen molar-refractivity contribution in [1.82, 2.24) is 15.1 Å². The van der Waals surface area contributed by atoms with Crippen molar-refractivity contribution in [1.29, 1.82) is 0 Å². The molecule has 2 aliphatic rings. The number of para-hydroxylation sites is 1. The second kappa shape index (κ2) is 6.13. The second-order valence-corrected chi connectivity index (χ2v) is 6.56. The third-order valence-corrected chi connectivity index (χ3v) is 5.07. The first-order chi connectivity index (χ1) is 10.9. The Hall–Kier alpha value is -1.81. The molecule has 2 aliphatic heterocycles. The van der Waals surface area contributed by atoms with Crippen molar-refractivity contribution in [2.24, 2.45) is 0 Å². The van der Waals surface area contributed by atoms with Gasteiger partial charge in [-0.15, -0.1) is 0 Å². The van der Waals surface area contributed by atoms with Crippen LogP contribution in [0.4, 0.5) is 5.69 Å². The minimum Gasteiger partial charge on any atom is -0.371 e. The molecule has 0 radical (unpaired) electrons. The van der Waals surface area contributed by atoms with Gasteiger partial charge in [-0.3, -0.25) is 10.00 Å². The van der Waals surface area contributed by atoms with Gasteiger partial charge in [0.1, 0.15) is 0 Å². The van der Waals surface area contributed by atoms with Gasteiger partial charge in [0.2, 0.25) is 0 Å². The molecule has 1 aromatic carbocycles. The van der Waals surface area contributed by atoms with Crippen LogP contribution in [0.15, 0.2) is 36.5 Å². The van der Waals surface area contributed by atoms with Crippen molar-refractivity contribution in [2.75, 3.05) is 31.1 Å². The molecule has 4 heteroatoms. The smallest absolute Gasteiger partial charge is 0.0490 e. The molecule has 2 saturated heterocycles. The van der Waals surface area contributed by atoms with E-state index in [9.17, 15) is 0 Å². The molecular formula is C18H24N4. The monoisotopic (exact) mass is 296 g/mol. The van der Waals surface area contributed by atoms with Crippen LogP contribution in [0.1, 0.15) is 36.4 Å². The van der Waals surface area contributed by atoms with E-state index in [-0.39, 0.29) is 0 Å². The number of benzene rings is 1. The number of aromatic nitrogens is 2. The number of anilines is 1. The van der Waals surface area contributed by atoms with Crippen LogP contribution in [0, 0.1) is 0 Å². The van der Waals surface area contributed by atoms with Crippen LogP contribution < -0.4 is 4.90 Å². The molecule has 116 valence electrons. The lowest BCUT2D eigenvalue weighted by atomic mass is 10.1. The summed E-state index contributed by atoms with van der Waals surface area (Å²) < 4.78 is 0. The van der Waals surface area contributed by atoms with Gasteiger partial charge in [-0.25, -0.2) is 0 Å². The highest BCUT2D eigenvalue weighted by atomic mass is 15.2. The van der Waals surface area contributed by atoms with Crippen LogP contribution in [-0.4, -0.2) is 41.3 Å². The first-order valence-electron chi connectivity index (χ1n) is 8.44. The predicted molar refractivity (Wildman–Crippen MR) is 89.1 cm³/mol. The Morgan fingerprint density at radius 3 is 2.77 bits per heavy atom. The fraction of sp³-hybridized carbons (Fsp3) is 0.500. The molecule has 4 nitrogen and oxygen atoms in total.